The summed E-state index contributed by atoms with van der Waals surface area (Å²) in [6.07, 6.45) is 3.61. The molecule has 0 aliphatic carbocycles. The normalized spacial score (nSPS) is 14.7. The lowest BCUT2D eigenvalue weighted by atomic mass is 10.1. The second kappa shape index (κ2) is 3.99. The summed E-state index contributed by atoms with van der Waals surface area (Å²) in [6.45, 7) is 0.405. The molecule has 1 aromatic heterocycles. The van der Waals surface area contributed by atoms with Gasteiger partial charge in [0.1, 0.15) is 0 Å². The molecule has 0 unspecified atom stereocenters. The zero-order chi connectivity index (χ0) is 13.6. The van der Waals surface area contributed by atoms with Crippen LogP contribution in [0.5, 0.6) is 0 Å². The third kappa shape index (κ3) is 1.77. The van der Waals surface area contributed by atoms with E-state index in [1.807, 2.05) is 0 Å². The highest BCUT2D eigenvalue weighted by Gasteiger charge is 2.33. The lowest BCUT2D eigenvalue weighted by Crippen LogP contribution is -2.29. The summed E-state index contributed by atoms with van der Waals surface area (Å²) in [4.78, 5) is 3.93. The van der Waals surface area contributed by atoms with Crippen LogP contribution in [0.4, 0.5) is 11.4 Å². The number of nitrogen functional groups attached to an aromatic ring is 1. The second-order valence-electron chi connectivity index (χ2n) is 4.55. The van der Waals surface area contributed by atoms with Crippen molar-refractivity contribution in [1.29, 1.82) is 0 Å². The Bertz CT molecular complexity index is 736. The maximum atomic E-state index is 12.5. The molecule has 0 saturated heterocycles. The molecule has 0 amide bonds. The zero-order valence-electron chi connectivity index (χ0n) is 10.4. The number of benzene rings is 1. The van der Waals surface area contributed by atoms with Crippen molar-refractivity contribution >= 4 is 21.4 Å². The van der Waals surface area contributed by atoms with Gasteiger partial charge in [-0.25, -0.2) is 4.98 Å². The Balaban J connectivity index is 2.09. The summed E-state index contributed by atoms with van der Waals surface area (Å²) in [7, 11) is -1.86. The van der Waals surface area contributed by atoms with Crippen molar-refractivity contribution in [2.75, 3.05) is 16.6 Å². The molecule has 2 N–H and O–H groups in total. The smallest absolute Gasteiger partial charge is 0.283 e. The Morgan fingerprint density at radius 2 is 2.16 bits per heavy atom. The van der Waals surface area contributed by atoms with E-state index in [0.29, 0.717) is 24.3 Å². The third-order valence-electron chi connectivity index (χ3n) is 3.26. The molecular formula is C12H14N4O2S. The molecule has 19 heavy (non-hydrogen) atoms. The SMILES string of the molecule is Cn1cnc(S(=O)(=O)N2CCc3c(N)cccc32)c1. The summed E-state index contributed by atoms with van der Waals surface area (Å²) in [6, 6.07) is 5.33. The average Bonchev–Trinajstić information content (AvgIpc) is 2.96. The molecule has 2 heterocycles. The van der Waals surface area contributed by atoms with Gasteiger partial charge in [0, 0.05) is 31.0 Å². The van der Waals surface area contributed by atoms with E-state index in [1.54, 1.807) is 29.8 Å². The first-order valence-corrected chi connectivity index (χ1v) is 7.32. The Morgan fingerprint density at radius 1 is 1.37 bits per heavy atom. The third-order valence-corrected chi connectivity index (χ3v) is 4.96. The van der Waals surface area contributed by atoms with Gasteiger partial charge in [0.05, 0.1) is 12.0 Å². The number of aryl methyl sites for hydroxylation is 1. The molecule has 2 aromatic rings. The van der Waals surface area contributed by atoms with Crippen LogP contribution in [0.3, 0.4) is 0 Å². The highest BCUT2D eigenvalue weighted by atomic mass is 32.2. The van der Waals surface area contributed by atoms with E-state index in [1.165, 1.54) is 16.8 Å². The predicted molar refractivity (Wildman–Crippen MR) is 72.3 cm³/mol. The van der Waals surface area contributed by atoms with E-state index in [4.69, 9.17) is 5.73 Å². The highest BCUT2D eigenvalue weighted by Crippen LogP contribution is 2.35. The number of hydrogen-bond donors (Lipinski definition) is 1. The summed E-state index contributed by atoms with van der Waals surface area (Å²) in [5.74, 6) is 0. The first kappa shape index (κ1) is 12.0. The van der Waals surface area contributed by atoms with E-state index < -0.39 is 10.0 Å². The number of hydrogen-bond acceptors (Lipinski definition) is 4. The van der Waals surface area contributed by atoms with Gasteiger partial charge >= 0.3 is 0 Å². The summed E-state index contributed by atoms with van der Waals surface area (Å²) in [5.41, 5.74) is 8.06. The first-order chi connectivity index (χ1) is 9.00. The molecule has 7 heteroatoms. The van der Waals surface area contributed by atoms with Crippen molar-refractivity contribution < 1.29 is 8.42 Å². The van der Waals surface area contributed by atoms with Crippen molar-refractivity contribution in [3.63, 3.8) is 0 Å². The van der Waals surface area contributed by atoms with Crippen LogP contribution in [0.15, 0.2) is 35.7 Å². The second-order valence-corrected chi connectivity index (χ2v) is 6.36. The lowest BCUT2D eigenvalue weighted by molar-refractivity contribution is 0.589. The lowest BCUT2D eigenvalue weighted by Gasteiger charge is -2.18. The topological polar surface area (TPSA) is 81.2 Å². The molecule has 100 valence electrons. The summed E-state index contributed by atoms with van der Waals surface area (Å²) in [5, 5.41) is 0.0604. The van der Waals surface area contributed by atoms with Crippen LogP contribution in [0.2, 0.25) is 0 Å². The summed E-state index contributed by atoms with van der Waals surface area (Å²) < 4.78 is 28.1. The average molecular weight is 278 g/mol. The van der Waals surface area contributed by atoms with Crippen LogP contribution in [-0.4, -0.2) is 24.5 Å². The fourth-order valence-corrected chi connectivity index (χ4v) is 3.78. The number of fused-ring (bicyclic) bond motifs is 1. The zero-order valence-corrected chi connectivity index (χ0v) is 11.3. The van der Waals surface area contributed by atoms with E-state index in [2.05, 4.69) is 4.98 Å². The highest BCUT2D eigenvalue weighted by molar-refractivity contribution is 7.92. The molecule has 1 aliphatic rings. The van der Waals surface area contributed by atoms with Crippen LogP contribution in [-0.2, 0) is 23.5 Å². The number of imidazole rings is 1. The van der Waals surface area contributed by atoms with Crippen molar-refractivity contribution in [3.8, 4) is 0 Å². The Morgan fingerprint density at radius 3 is 2.84 bits per heavy atom. The van der Waals surface area contributed by atoms with E-state index in [-0.39, 0.29) is 5.03 Å². The minimum absolute atomic E-state index is 0.0604. The Labute approximate surface area is 111 Å². The molecular weight excluding hydrogens is 264 g/mol. The van der Waals surface area contributed by atoms with Gasteiger partial charge in [-0.15, -0.1) is 0 Å². The first-order valence-electron chi connectivity index (χ1n) is 5.88. The van der Waals surface area contributed by atoms with Crippen molar-refractivity contribution in [2.45, 2.75) is 11.4 Å². The molecule has 0 fully saturated rings. The van der Waals surface area contributed by atoms with E-state index in [0.717, 1.165) is 5.56 Å². The van der Waals surface area contributed by atoms with Gasteiger partial charge in [0.15, 0.2) is 5.03 Å². The minimum Gasteiger partial charge on any atom is -0.398 e. The molecule has 0 saturated carbocycles. The maximum Gasteiger partial charge on any atom is 0.283 e. The minimum atomic E-state index is -3.60. The van der Waals surface area contributed by atoms with Gasteiger partial charge in [-0.3, -0.25) is 4.31 Å². The quantitative estimate of drug-likeness (QED) is 0.822. The maximum absolute atomic E-state index is 12.5. The molecule has 3 rings (SSSR count). The van der Waals surface area contributed by atoms with Gasteiger partial charge < -0.3 is 10.3 Å². The monoisotopic (exact) mass is 278 g/mol. The van der Waals surface area contributed by atoms with Gasteiger partial charge in [-0.2, -0.15) is 8.42 Å². The number of nitrogens with zero attached hydrogens (tertiary/aromatic N) is 3. The van der Waals surface area contributed by atoms with E-state index >= 15 is 0 Å². The van der Waals surface area contributed by atoms with E-state index in [9.17, 15) is 8.42 Å². The van der Waals surface area contributed by atoms with Crippen molar-refractivity contribution in [1.82, 2.24) is 9.55 Å². The number of aromatic nitrogens is 2. The fourth-order valence-electron chi connectivity index (χ4n) is 2.32. The van der Waals surface area contributed by atoms with Gasteiger partial charge in [0.25, 0.3) is 10.0 Å². The predicted octanol–water partition coefficient (Wildman–Crippen LogP) is 0.754. The number of anilines is 2. The van der Waals surface area contributed by atoms with Gasteiger partial charge in [-0.05, 0) is 18.6 Å². The van der Waals surface area contributed by atoms with Crippen molar-refractivity contribution in [2.24, 2.45) is 7.05 Å². The molecule has 0 atom stereocenters. The van der Waals surface area contributed by atoms with Crippen LogP contribution in [0.1, 0.15) is 5.56 Å². The largest absolute Gasteiger partial charge is 0.398 e. The van der Waals surface area contributed by atoms with Gasteiger partial charge in [-0.1, -0.05) is 6.07 Å². The van der Waals surface area contributed by atoms with Crippen LogP contribution < -0.4 is 10.0 Å². The Kier molecular flexibility index (Phi) is 2.53. The fraction of sp³-hybridized carbons (Fsp3) is 0.250. The number of sulfonamides is 1. The molecule has 0 radical (unpaired) electrons. The molecule has 0 spiro atoms. The van der Waals surface area contributed by atoms with Crippen LogP contribution >= 0.6 is 0 Å². The molecule has 1 aromatic carbocycles. The molecule has 0 bridgehead atoms. The van der Waals surface area contributed by atoms with Gasteiger partial charge in [0.2, 0.25) is 0 Å². The standard InChI is InChI=1S/C12H14N4O2S/c1-15-7-12(14-8-15)19(17,18)16-6-5-9-10(13)3-2-4-11(9)16/h2-4,7-8H,5-6,13H2,1H3. The summed E-state index contributed by atoms with van der Waals surface area (Å²) >= 11 is 0. The number of rotatable bonds is 2. The van der Waals surface area contributed by atoms with Crippen LogP contribution in [0.25, 0.3) is 0 Å². The number of nitrogens with two attached hydrogens (primary N) is 1. The molecule has 6 nitrogen and oxygen atoms in total. The van der Waals surface area contributed by atoms with Crippen LogP contribution in [0, 0.1) is 0 Å². The van der Waals surface area contributed by atoms with Crippen molar-refractivity contribution in [3.05, 3.63) is 36.3 Å². The Hall–Kier alpha value is -2.02. The molecule has 1 aliphatic heterocycles.